The molecule has 2 aliphatic carbocycles. The average Bonchev–Trinajstić information content (AvgIpc) is 3.20. The summed E-state index contributed by atoms with van der Waals surface area (Å²) in [6.45, 7) is 2.08. The Bertz CT molecular complexity index is 543. The van der Waals surface area contributed by atoms with Gasteiger partial charge in [-0.2, -0.15) is 0 Å². The Balaban J connectivity index is 1.44. The Morgan fingerprint density at radius 2 is 2.24 bits per heavy atom. The van der Waals surface area contributed by atoms with Crippen LogP contribution >= 0.6 is 23.6 Å². The van der Waals surface area contributed by atoms with Crippen LogP contribution in [0, 0.1) is 11.8 Å². The zero-order chi connectivity index (χ0) is 14.8. The van der Waals surface area contributed by atoms with Crippen LogP contribution in [0.4, 0.5) is 0 Å². The summed E-state index contributed by atoms with van der Waals surface area (Å²) >= 11 is 6.88. The van der Waals surface area contributed by atoms with E-state index in [1.165, 1.54) is 30.6 Å². The number of rotatable bonds is 3. The monoisotopic (exact) mass is 323 g/mol. The van der Waals surface area contributed by atoms with Gasteiger partial charge in [0.15, 0.2) is 5.11 Å². The topological polar surface area (TPSA) is 53.2 Å². The zero-order valence-electron chi connectivity index (χ0n) is 12.1. The minimum atomic E-state index is -0.136. The summed E-state index contributed by atoms with van der Waals surface area (Å²) in [4.78, 5) is 13.2. The van der Waals surface area contributed by atoms with Gasteiger partial charge in [-0.05, 0) is 55.8 Å². The number of carbonyl (C=O) groups is 1. The van der Waals surface area contributed by atoms with Gasteiger partial charge < -0.3 is 5.32 Å². The van der Waals surface area contributed by atoms with Crippen molar-refractivity contribution in [3.05, 3.63) is 21.9 Å². The molecule has 0 aliphatic heterocycles. The fourth-order valence-electron chi connectivity index (χ4n) is 3.50. The molecule has 2 fully saturated rings. The molecule has 1 aromatic rings. The predicted octanol–water partition coefficient (Wildman–Crippen LogP) is 2.61. The standard InChI is InChI=1S/C15H21N3OS2/c1-2-12-7-11(8-21-12)14(19)17-18-15(20)16-13-6-9-3-4-10(13)5-9/h7-10,13H,2-6H2,1H3,(H,17,19)(H2,16,18,20)/t9-,10+,13+/m0/s1. The average molecular weight is 323 g/mol. The number of fused-ring (bicyclic) bond motifs is 2. The second-order valence-corrected chi connectivity index (χ2v) is 7.39. The van der Waals surface area contributed by atoms with Gasteiger partial charge in [-0.15, -0.1) is 11.3 Å². The molecule has 3 N–H and O–H groups in total. The molecular formula is C15H21N3OS2. The number of thiophene rings is 1. The van der Waals surface area contributed by atoms with Crippen molar-refractivity contribution in [1.82, 2.24) is 16.2 Å². The first kappa shape index (κ1) is 14.8. The molecule has 21 heavy (non-hydrogen) atoms. The number of hydrazine groups is 1. The highest BCUT2D eigenvalue weighted by atomic mass is 32.1. The molecule has 1 aromatic heterocycles. The molecule has 3 rings (SSSR count). The van der Waals surface area contributed by atoms with Crippen molar-refractivity contribution in [2.75, 3.05) is 0 Å². The lowest BCUT2D eigenvalue weighted by molar-refractivity contribution is 0.0944. The van der Waals surface area contributed by atoms with Gasteiger partial charge in [0.25, 0.3) is 5.91 Å². The lowest BCUT2D eigenvalue weighted by atomic mass is 9.96. The molecule has 4 nitrogen and oxygen atoms in total. The first-order chi connectivity index (χ1) is 10.2. The Kier molecular flexibility index (Phi) is 4.45. The molecule has 2 saturated carbocycles. The van der Waals surface area contributed by atoms with Gasteiger partial charge in [0.1, 0.15) is 0 Å². The number of aryl methyl sites for hydroxylation is 1. The van der Waals surface area contributed by atoms with E-state index in [2.05, 4.69) is 23.1 Å². The van der Waals surface area contributed by atoms with Crippen molar-refractivity contribution in [2.24, 2.45) is 11.8 Å². The summed E-state index contributed by atoms with van der Waals surface area (Å²) in [6, 6.07) is 2.40. The maximum atomic E-state index is 12.0. The second-order valence-electron chi connectivity index (χ2n) is 5.99. The van der Waals surface area contributed by atoms with Crippen molar-refractivity contribution >= 4 is 34.6 Å². The third-order valence-electron chi connectivity index (χ3n) is 4.61. The van der Waals surface area contributed by atoms with Crippen molar-refractivity contribution in [3.63, 3.8) is 0 Å². The Hall–Kier alpha value is -1.14. The molecular weight excluding hydrogens is 302 g/mol. The highest BCUT2D eigenvalue weighted by molar-refractivity contribution is 7.80. The van der Waals surface area contributed by atoms with Crippen molar-refractivity contribution in [3.8, 4) is 0 Å². The summed E-state index contributed by atoms with van der Waals surface area (Å²) < 4.78 is 0. The van der Waals surface area contributed by atoms with Crippen molar-refractivity contribution in [1.29, 1.82) is 0 Å². The van der Waals surface area contributed by atoms with Crippen molar-refractivity contribution in [2.45, 2.75) is 45.1 Å². The summed E-state index contributed by atoms with van der Waals surface area (Å²) in [6.07, 6.45) is 6.19. The molecule has 0 unspecified atom stereocenters. The van der Waals surface area contributed by atoms with E-state index in [1.54, 1.807) is 11.3 Å². The lowest BCUT2D eigenvalue weighted by Gasteiger charge is -2.24. The van der Waals surface area contributed by atoms with Crippen LogP contribution in [0.15, 0.2) is 11.4 Å². The third kappa shape index (κ3) is 3.37. The van der Waals surface area contributed by atoms with E-state index in [4.69, 9.17) is 12.2 Å². The summed E-state index contributed by atoms with van der Waals surface area (Å²) in [7, 11) is 0. The van der Waals surface area contributed by atoms with Crippen LogP contribution in [-0.2, 0) is 6.42 Å². The molecule has 1 amide bonds. The normalized spacial score (nSPS) is 26.6. The maximum absolute atomic E-state index is 12.0. The van der Waals surface area contributed by atoms with E-state index in [9.17, 15) is 4.79 Å². The minimum absolute atomic E-state index is 0.136. The van der Waals surface area contributed by atoms with Gasteiger partial charge in [-0.25, -0.2) is 0 Å². The Morgan fingerprint density at radius 3 is 2.86 bits per heavy atom. The van der Waals surface area contributed by atoms with E-state index in [0.717, 1.165) is 18.3 Å². The van der Waals surface area contributed by atoms with E-state index in [0.29, 0.717) is 16.7 Å². The highest BCUT2D eigenvalue weighted by Gasteiger charge is 2.39. The first-order valence-corrected chi connectivity index (χ1v) is 8.88. The molecule has 2 bridgehead atoms. The smallest absolute Gasteiger partial charge is 0.270 e. The van der Waals surface area contributed by atoms with E-state index in [-0.39, 0.29) is 5.91 Å². The number of thiocarbonyl (C=S) groups is 1. The quantitative estimate of drug-likeness (QED) is 0.591. The molecule has 0 aromatic carbocycles. The molecule has 2 aliphatic rings. The summed E-state index contributed by atoms with van der Waals surface area (Å²) in [5.74, 6) is 1.50. The predicted molar refractivity (Wildman–Crippen MR) is 89.3 cm³/mol. The number of hydrogen-bond acceptors (Lipinski definition) is 3. The van der Waals surface area contributed by atoms with Crippen molar-refractivity contribution < 1.29 is 4.79 Å². The van der Waals surface area contributed by atoms with Gasteiger partial charge in [-0.3, -0.25) is 15.6 Å². The molecule has 114 valence electrons. The van der Waals surface area contributed by atoms with Crippen LogP contribution in [0.25, 0.3) is 0 Å². The molecule has 0 saturated heterocycles. The molecule has 0 radical (unpaired) electrons. The van der Waals surface area contributed by atoms with Gasteiger partial charge in [-0.1, -0.05) is 13.3 Å². The maximum Gasteiger partial charge on any atom is 0.270 e. The Labute approximate surface area is 134 Å². The fourth-order valence-corrected chi connectivity index (χ4v) is 4.51. The third-order valence-corrected chi connectivity index (χ3v) is 5.91. The van der Waals surface area contributed by atoms with Crippen LogP contribution in [0.5, 0.6) is 0 Å². The van der Waals surface area contributed by atoms with Crippen LogP contribution in [0.1, 0.15) is 47.8 Å². The van der Waals surface area contributed by atoms with Crippen LogP contribution in [0.2, 0.25) is 0 Å². The largest absolute Gasteiger partial charge is 0.358 e. The first-order valence-electron chi connectivity index (χ1n) is 7.60. The van der Waals surface area contributed by atoms with Gasteiger partial charge in [0, 0.05) is 16.3 Å². The fraction of sp³-hybridized carbons (Fsp3) is 0.600. The molecule has 6 heteroatoms. The molecule has 1 heterocycles. The van der Waals surface area contributed by atoms with Crippen LogP contribution in [-0.4, -0.2) is 17.1 Å². The zero-order valence-corrected chi connectivity index (χ0v) is 13.8. The number of hydrogen-bond donors (Lipinski definition) is 3. The molecule has 0 spiro atoms. The number of nitrogens with one attached hydrogen (secondary N) is 3. The van der Waals surface area contributed by atoms with Gasteiger partial charge in [0.2, 0.25) is 0 Å². The summed E-state index contributed by atoms with van der Waals surface area (Å²) in [5, 5.41) is 5.74. The van der Waals surface area contributed by atoms with E-state index >= 15 is 0 Å². The second kappa shape index (κ2) is 6.32. The summed E-state index contributed by atoms with van der Waals surface area (Å²) in [5.41, 5.74) is 6.18. The van der Waals surface area contributed by atoms with Gasteiger partial charge in [0.05, 0.1) is 5.56 Å². The van der Waals surface area contributed by atoms with Gasteiger partial charge >= 0.3 is 0 Å². The van der Waals surface area contributed by atoms with E-state index in [1.807, 2.05) is 11.4 Å². The highest BCUT2D eigenvalue weighted by Crippen LogP contribution is 2.44. The minimum Gasteiger partial charge on any atom is -0.358 e. The SMILES string of the molecule is CCc1cc(C(=O)NNC(=S)N[C@@H]2C[C@H]3CC[C@@H]2C3)cs1. The van der Waals surface area contributed by atoms with E-state index < -0.39 is 0 Å². The lowest BCUT2D eigenvalue weighted by Crippen LogP contribution is -2.50. The van der Waals surface area contributed by atoms with Crippen LogP contribution in [0.3, 0.4) is 0 Å². The van der Waals surface area contributed by atoms with Crippen LogP contribution < -0.4 is 16.2 Å². The number of carbonyl (C=O) groups excluding carboxylic acids is 1. The Morgan fingerprint density at radius 1 is 1.38 bits per heavy atom. The molecule has 3 atom stereocenters. The number of amides is 1.